The summed E-state index contributed by atoms with van der Waals surface area (Å²) in [5.41, 5.74) is 2.13. The van der Waals surface area contributed by atoms with E-state index >= 15 is 0 Å². The number of carbonyl (C=O) groups is 2. The lowest BCUT2D eigenvalue weighted by Gasteiger charge is -2.40. The van der Waals surface area contributed by atoms with E-state index in [1.54, 1.807) is 0 Å². The Morgan fingerprint density at radius 3 is 2.33 bits per heavy atom. The topological polar surface area (TPSA) is 64.7 Å². The Hall–Kier alpha value is -2.86. The third kappa shape index (κ3) is 5.31. The maximum atomic E-state index is 12.7. The number of rotatable bonds is 5. The van der Waals surface area contributed by atoms with Gasteiger partial charge in [0.05, 0.1) is 12.6 Å². The lowest BCUT2D eigenvalue weighted by Crippen LogP contribution is -2.52. The monoisotopic (exact) mass is 366 g/mol. The van der Waals surface area contributed by atoms with Crippen molar-refractivity contribution in [1.82, 2.24) is 20.4 Å². The van der Waals surface area contributed by atoms with E-state index in [4.69, 9.17) is 0 Å². The van der Waals surface area contributed by atoms with Crippen molar-refractivity contribution in [3.8, 4) is 0 Å². The van der Waals surface area contributed by atoms with Crippen LogP contribution < -0.4 is 10.6 Å². The lowest BCUT2D eigenvalue weighted by molar-refractivity contribution is -0.135. The molecule has 0 spiro atoms. The number of hydrogen-bond donors (Lipinski definition) is 2. The normalized spacial score (nSPS) is 17.4. The molecule has 27 heavy (non-hydrogen) atoms. The summed E-state index contributed by atoms with van der Waals surface area (Å²) in [7, 11) is 2.06. The molecule has 6 nitrogen and oxygen atoms in total. The van der Waals surface area contributed by atoms with Gasteiger partial charge in [0.2, 0.25) is 5.91 Å². The van der Waals surface area contributed by atoms with E-state index in [0.29, 0.717) is 13.1 Å². The summed E-state index contributed by atoms with van der Waals surface area (Å²) >= 11 is 0. The van der Waals surface area contributed by atoms with E-state index < -0.39 is 0 Å². The molecule has 142 valence electrons. The van der Waals surface area contributed by atoms with Crippen LogP contribution in [0.4, 0.5) is 4.79 Å². The first kappa shape index (κ1) is 18.9. The number of carbonyl (C=O) groups excluding carboxylic acids is 2. The van der Waals surface area contributed by atoms with Gasteiger partial charge in [0.1, 0.15) is 0 Å². The first-order valence-electron chi connectivity index (χ1n) is 9.22. The molecule has 1 fully saturated rings. The van der Waals surface area contributed by atoms with Gasteiger partial charge in [-0.1, -0.05) is 60.7 Å². The minimum Gasteiger partial charge on any atom is -0.334 e. The molecule has 3 rings (SSSR count). The number of likely N-dealkylation sites (N-methyl/N-ethyl adjacent to an activating group) is 1. The molecule has 1 aliphatic rings. The third-order valence-corrected chi connectivity index (χ3v) is 4.78. The van der Waals surface area contributed by atoms with Crippen LogP contribution in [0.5, 0.6) is 0 Å². The molecule has 1 saturated heterocycles. The largest absolute Gasteiger partial charge is 0.334 e. The van der Waals surface area contributed by atoms with Crippen LogP contribution >= 0.6 is 0 Å². The Kier molecular flexibility index (Phi) is 6.44. The number of nitrogens with one attached hydrogen (secondary N) is 2. The van der Waals surface area contributed by atoms with Gasteiger partial charge >= 0.3 is 6.03 Å². The van der Waals surface area contributed by atoms with Crippen molar-refractivity contribution >= 4 is 11.9 Å². The van der Waals surface area contributed by atoms with Gasteiger partial charge in [0.15, 0.2) is 0 Å². The lowest BCUT2D eigenvalue weighted by atomic mass is 10.0. The van der Waals surface area contributed by atoms with Crippen LogP contribution in [0.25, 0.3) is 0 Å². The molecule has 0 unspecified atom stereocenters. The van der Waals surface area contributed by atoms with Gasteiger partial charge in [0.25, 0.3) is 0 Å². The molecule has 0 aromatic heterocycles. The van der Waals surface area contributed by atoms with Gasteiger partial charge in [-0.15, -0.1) is 0 Å². The summed E-state index contributed by atoms with van der Waals surface area (Å²) in [5.74, 6) is -0.0631. The zero-order valence-electron chi connectivity index (χ0n) is 15.6. The molecule has 0 bridgehead atoms. The molecule has 3 amide bonds. The molecular weight excluding hydrogens is 340 g/mol. The first-order chi connectivity index (χ1) is 13.1. The van der Waals surface area contributed by atoms with Crippen molar-refractivity contribution in [1.29, 1.82) is 0 Å². The zero-order valence-corrected chi connectivity index (χ0v) is 15.6. The summed E-state index contributed by atoms with van der Waals surface area (Å²) in [5, 5.41) is 5.46. The average Bonchev–Trinajstić information content (AvgIpc) is 2.72. The molecule has 1 atom stereocenters. The summed E-state index contributed by atoms with van der Waals surface area (Å²) in [6.07, 6.45) is 0. The molecule has 2 N–H and O–H groups in total. The fourth-order valence-electron chi connectivity index (χ4n) is 3.28. The second-order valence-electron chi connectivity index (χ2n) is 6.80. The summed E-state index contributed by atoms with van der Waals surface area (Å²) in [6.45, 7) is 2.70. The Morgan fingerprint density at radius 2 is 1.63 bits per heavy atom. The van der Waals surface area contributed by atoms with Gasteiger partial charge in [-0.25, -0.2) is 4.79 Å². The van der Waals surface area contributed by atoms with Crippen molar-refractivity contribution in [2.75, 3.05) is 33.2 Å². The zero-order chi connectivity index (χ0) is 19.1. The predicted molar refractivity (Wildman–Crippen MR) is 105 cm³/mol. The summed E-state index contributed by atoms with van der Waals surface area (Å²) in [4.78, 5) is 28.8. The van der Waals surface area contributed by atoms with Crippen LogP contribution in [0.2, 0.25) is 0 Å². The van der Waals surface area contributed by atoms with E-state index in [9.17, 15) is 9.59 Å². The van der Waals surface area contributed by atoms with Gasteiger partial charge < -0.3 is 20.4 Å². The number of piperazine rings is 1. The minimum atomic E-state index is -0.336. The van der Waals surface area contributed by atoms with E-state index in [1.165, 1.54) is 0 Å². The highest BCUT2D eigenvalue weighted by atomic mass is 16.2. The van der Waals surface area contributed by atoms with Crippen LogP contribution in [-0.2, 0) is 11.3 Å². The molecule has 0 radical (unpaired) electrons. The van der Waals surface area contributed by atoms with Crippen LogP contribution in [0.1, 0.15) is 17.2 Å². The predicted octanol–water partition coefficient (Wildman–Crippen LogP) is 2.00. The molecule has 6 heteroatoms. The van der Waals surface area contributed by atoms with E-state index in [0.717, 1.165) is 24.2 Å². The van der Waals surface area contributed by atoms with Crippen LogP contribution in [-0.4, -0.2) is 55.0 Å². The molecular formula is C21H26N4O2. The number of benzene rings is 2. The molecule has 2 aromatic carbocycles. The minimum absolute atomic E-state index is 0.00614. The van der Waals surface area contributed by atoms with Crippen molar-refractivity contribution in [3.05, 3.63) is 71.8 Å². The Bertz CT molecular complexity index is 751. The van der Waals surface area contributed by atoms with Gasteiger partial charge in [-0.05, 0) is 18.2 Å². The Morgan fingerprint density at radius 1 is 0.963 bits per heavy atom. The fraction of sp³-hybridized carbons (Fsp3) is 0.333. The van der Waals surface area contributed by atoms with Crippen molar-refractivity contribution < 1.29 is 9.59 Å². The smallest absolute Gasteiger partial charge is 0.315 e. The summed E-state index contributed by atoms with van der Waals surface area (Å²) in [6, 6.07) is 19.4. The molecule has 0 saturated carbocycles. The van der Waals surface area contributed by atoms with E-state index in [1.807, 2.05) is 65.6 Å². The van der Waals surface area contributed by atoms with E-state index in [2.05, 4.69) is 22.6 Å². The second-order valence-corrected chi connectivity index (χ2v) is 6.80. The Balaban J connectivity index is 1.53. The van der Waals surface area contributed by atoms with Crippen molar-refractivity contribution in [2.45, 2.75) is 12.6 Å². The summed E-state index contributed by atoms with van der Waals surface area (Å²) < 4.78 is 0. The van der Waals surface area contributed by atoms with Crippen molar-refractivity contribution in [2.24, 2.45) is 0 Å². The van der Waals surface area contributed by atoms with Crippen LogP contribution in [0, 0.1) is 0 Å². The maximum absolute atomic E-state index is 12.7. The quantitative estimate of drug-likeness (QED) is 0.851. The molecule has 1 aliphatic heterocycles. The number of urea groups is 1. The van der Waals surface area contributed by atoms with Crippen LogP contribution in [0.15, 0.2) is 60.7 Å². The maximum Gasteiger partial charge on any atom is 0.315 e. The first-order valence-corrected chi connectivity index (χ1v) is 9.22. The van der Waals surface area contributed by atoms with E-state index in [-0.39, 0.29) is 24.5 Å². The SMILES string of the molecule is CN1CCN(C(=O)CNC(=O)NCc2ccccc2)[C@H](c2ccccc2)C1. The molecule has 0 aliphatic carbocycles. The Labute approximate surface area is 160 Å². The highest BCUT2D eigenvalue weighted by Gasteiger charge is 2.30. The molecule has 2 aromatic rings. The van der Waals surface area contributed by atoms with Crippen molar-refractivity contribution in [3.63, 3.8) is 0 Å². The van der Waals surface area contributed by atoms with Crippen LogP contribution in [0.3, 0.4) is 0 Å². The number of hydrogen-bond acceptors (Lipinski definition) is 3. The van der Waals surface area contributed by atoms with Gasteiger partial charge in [0, 0.05) is 26.2 Å². The standard InChI is InChI=1S/C21H26N4O2/c1-24-12-13-25(19(16-24)18-10-6-3-7-11-18)20(26)15-23-21(27)22-14-17-8-4-2-5-9-17/h2-11,19H,12-16H2,1H3,(H2,22,23,27)/t19-/m0/s1. The average molecular weight is 366 g/mol. The van der Waals surface area contributed by atoms with Gasteiger partial charge in [-0.3, -0.25) is 4.79 Å². The number of amides is 3. The van der Waals surface area contributed by atoms with Gasteiger partial charge in [-0.2, -0.15) is 0 Å². The number of nitrogens with zero attached hydrogens (tertiary/aromatic N) is 2. The second kappa shape index (κ2) is 9.19. The highest BCUT2D eigenvalue weighted by Crippen LogP contribution is 2.24. The fourth-order valence-corrected chi connectivity index (χ4v) is 3.28. The molecule has 1 heterocycles. The third-order valence-electron chi connectivity index (χ3n) is 4.78. The highest BCUT2D eigenvalue weighted by molar-refractivity contribution is 5.84.